The van der Waals surface area contributed by atoms with Crippen LogP contribution in [0.1, 0.15) is 44.0 Å². The molecule has 134 valence electrons. The molecule has 7 nitrogen and oxygen atoms in total. The Bertz CT molecular complexity index is 717. The van der Waals surface area contributed by atoms with E-state index in [1.165, 1.54) is 0 Å². The van der Waals surface area contributed by atoms with Crippen LogP contribution in [0.2, 0.25) is 0 Å². The van der Waals surface area contributed by atoms with Gasteiger partial charge >= 0.3 is 6.09 Å². The number of benzene rings is 1. The first-order valence-electron chi connectivity index (χ1n) is 8.49. The van der Waals surface area contributed by atoms with E-state index >= 15 is 0 Å². The van der Waals surface area contributed by atoms with Crippen molar-refractivity contribution in [1.29, 1.82) is 0 Å². The lowest BCUT2D eigenvalue weighted by Crippen LogP contribution is -2.61. The summed E-state index contributed by atoms with van der Waals surface area (Å²) in [6.45, 7) is 8.72. The second-order valence-corrected chi connectivity index (χ2v) is 7.37. The maximum Gasteiger partial charge on any atom is 0.410 e. The van der Waals surface area contributed by atoms with Crippen molar-refractivity contribution in [1.82, 2.24) is 25.4 Å². The number of likely N-dealkylation sites (tertiary alicyclic amines) is 1. The van der Waals surface area contributed by atoms with Crippen LogP contribution in [0, 0.1) is 6.92 Å². The molecule has 25 heavy (non-hydrogen) atoms. The molecule has 0 aliphatic carbocycles. The van der Waals surface area contributed by atoms with Crippen LogP contribution in [0.3, 0.4) is 0 Å². The lowest BCUT2D eigenvalue weighted by molar-refractivity contribution is 0.00452. The Labute approximate surface area is 147 Å². The third-order valence-electron chi connectivity index (χ3n) is 3.94. The van der Waals surface area contributed by atoms with Gasteiger partial charge in [0.2, 0.25) is 0 Å². The Balaban J connectivity index is 1.64. The normalized spacial score (nSPS) is 16.4. The van der Waals surface area contributed by atoms with Crippen molar-refractivity contribution in [2.24, 2.45) is 0 Å². The number of aryl methyl sites for hydroxylation is 1. The number of carbonyl (C=O) groups is 1. The second-order valence-electron chi connectivity index (χ2n) is 7.37. The molecule has 1 aromatic heterocycles. The fourth-order valence-electron chi connectivity index (χ4n) is 2.75. The largest absolute Gasteiger partial charge is 0.444 e. The van der Waals surface area contributed by atoms with Gasteiger partial charge in [-0.3, -0.25) is 10.4 Å². The summed E-state index contributed by atoms with van der Waals surface area (Å²) in [6.07, 6.45) is -0.268. The van der Waals surface area contributed by atoms with Crippen molar-refractivity contribution in [3.05, 3.63) is 47.5 Å². The minimum absolute atomic E-state index is 0.114. The molecular formula is C18H25N5O2. The highest BCUT2D eigenvalue weighted by Crippen LogP contribution is 2.23. The van der Waals surface area contributed by atoms with Crippen molar-refractivity contribution in [3.63, 3.8) is 0 Å². The van der Waals surface area contributed by atoms with Crippen LogP contribution in [0.4, 0.5) is 4.79 Å². The number of rotatable bonds is 4. The van der Waals surface area contributed by atoms with Crippen LogP contribution in [-0.2, 0) is 4.74 Å². The Morgan fingerprint density at radius 2 is 2.00 bits per heavy atom. The van der Waals surface area contributed by atoms with Gasteiger partial charge in [0.15, 0.2) is 5.82 Å². The van der Waals surface area contributed by atoms with E-state index in [1.807, 2.05) is 58.0 Å². The third kappa shape index (κ3) is 4.36. The molecule has 2 aromatic rings. The van der Waals surface area contributed by atoms with Gasteiger partial charge in [0.05, 0.1) is 6.04 Å². The van der Waals surface area contributed by atoms with Gasteiger partial charge in [-0.15, -0.1) is 0 Å². The molecule has 1 aromatic carbocycles. The highest BCUT2D eigenvalue weighted by molar-refractivity contribution is 5.69. The number of H-pyrrole nitrogens is 1. The van der Waals surface area contributed by atoms with E-state index < -0.39 is 5.60 Å². The molecule has 3 rings (SSSR count). The molecule has 0 spiro atoms. The quantitative estimate of drug-likeness (QED) is 0.891. The number of nitrogens with one attached hydrogen (secondary N) is 2. The van der Waals surface area contributed by atoms with E-state index in [-0.39, 0.29) is 18.2 Å². The standard InChI is InChI=1S/C18H25N5O2/c1-12-19-16(22-21-12)15(13-8-6-5-7-9-13)20-14-10-23(11-14)17(24)25-18(2,3)4/h5-9,14-15,20H,10-11H2,1-4H3,(H,19,21,22)/t15-/m0/s1. The number of hydrogen-bond acceptors (Lipinski definition) is 5. The topological polar surface area (TPSA) is 83.1 Å². The Morgan fingerprint density at radius 1 is 1.32 bits per heavy atom. The number of amides is 1. The molecule has 0 saturated carbocycles. The molecular weight excluding hydrogens is 318 g/mol. The van der Waals surface area contributed by atoms with Crippen molar-refractivity contribution in [2.45, 2.75) is 45.4 Å². The lowest BCUT2D eigenvalue weighted by Gasteiger charge is -2.41. The maximum absolute atomic E-state index is 12.1. The van der Waals surface area contributed by atoms with E-state index in [9.17, 15) is 4.79 Å². The van der Waals surface area contributed by atoms with Crippen LogP contribution in [0.5, 0.6) is 0 Å². The number of hydrogen-bond donors (Lipinski definition) is 2. The number of carbonyl (C=O) groups excluding carboxylic acids is 1. The van der Waals surface area contributed by atoms with Gasteiger partial charge in [-0.1, -0.05) is 30.3 Å². The Morgan fingerprint density at radius 3 is 2.56 bits per heavy atom. The summed E-state index contributed by atoms with van der Waals surface area (Å²) in [7, 11) is 0. The molecule has 1 aliphatic rings. The summed E-state index contributed by atoms with van der Waals surface area (Å²) >= 11 is 0. The first-order chi connectivity index (χ1) is 11.8. The lowest BCUT2D eigenvalue weighted by atomic mass is 10.0. The average molecular weight is 343 g/mol. The zero-order chi connectivity index (χ0) is 18.0. The van der Waals surface area contributed by atoms with Gasteiger partial charge in [-0.25, -0.2) is 9.78 Å². The van der Waals surface area contributed by atoms with E-state index in [2.05, 4.69) is 20.5 Å². The van der Waals surface area contributed by atoms with Gasteiger partial charge in [-0.2, -0.15) is 5.10 Å². The van der Waals surface area contributed by atoms with Gasteiger partial charge in [-0.05, 0) is 33.3 Å². The zero-order valence-electron chi connectivity index (χ0n) is 15.1. The van der Waals surface area contributed by atoms with Crippen molar-refractivity contribution < 1.29 is 9.53 Å². The molecule has 0 bridgehead atoms. The summed E-state index contributed by atoms with van der Waals surface area (Å²) in [5.74, 6) is 1.49. The summed E-state index contributed by atoms with van der Waals surface area (Å²) in [4.78, 5) is 18.2. The number of nitrogens with zero attached hydrogens (tertiary/aromatic N) is 3. The van der Waals surface area contributed by atoms with Gasteiger partial charge in [0, 0.05) is 19.1 Å². The van der Waals surface area contributed by atoms with Crippen molar-refractivity contribution in [3.8, 4) is 0 Å². The monoisotopic (exact) mass is 343 g/mol. The van der Waals surface area contributed by atoms with Crippen molar-refractivity contribution >= 4 is 6.09 Å². The van der Waals surface area contributed by atoms with Crippen LogP contribution >= 0.6 is 0 Å². The van der Waals surface area contributed by atoms with Crippen molar-refractivity contribution in [2.75, 3.05) is 13.1 Å². The molecule has 0 unspecified atom stereocenters. The zero-order valence-corrected chi connectivity index (χ0v) is 15.1. The average Bonchev–Trinajstić information content (AvgIpc) is 2.91. The number of ether oxygens (including phenoxy) is 1. The SMILES string of the molecule is Cc1nc([C@@H](NC2CN(C(=O)OC(C)(C)C)C2)c2ccccc2)n[nH]1. The number of aromatic amines is 1. The van der Waals surface area contributed by atoms with E-state index in [1.54, 1.807) is 4.90 Å². The summed E-state index contributed by atoms with van der Waals surface area (Å²) < 4.78 is 5.40. The van der Waals surface area contributed by atoms with Gasteiger partial charge in [0.25, 0.3) is 0 Å². The molecule has 1 saturated heterocycles. The van der Waals surface area contributed by atoms with E-state index in [4.69, 9.17) is 4.74 Å². The highest BCUT2D eigenvalue weighted by Gasteiger charge is 2.35. The molecule has 1 amide bonds. The highest BCUT2D eigenvalue weighted by atomic mass is 16.6. The molecule has 1 atom stereocenters. The molecule has 0 radical (unpaired) electrons. The molecule has 1 fully saturated rings. The summed E-state index contributed by atoms with van der Waals surface area (Å²) in [5.41, 5.74) is 0.621. The first-order valence-corrected chi connectivity index (χ1v) is 8.49. The summed E-state index contributed by atoms with van der Waals surface area (Å²) in [5, 5.41) is 10.8. The smallest absolute Gasteiger partial charge is 0.410 e. The van der Waals surface area contributed by atoms with Gasteiger partial charge in [0.1, 0.15) is 11.4 Å². The summed E-state index contributed by atoms with van der Waals surface area (Å²) in [6, 6.07) is 10.1. The minimum atomic E-state index is -0.474. The predicted octanol–water partition coefficient (Wildman–Crippen LogP) is 2.41. The van der Waals surface area contributed by atoms with Crippen LogP contribution in [0.15, 0.2) is 30.3 Å². The second kappa shape index (κ2) is 6.84. The van der Waals surface area contributed by atoms with E-state index in [0.717, 1.165) is 11.4 Å². The van der Waals surface area contributed by atoms with Crippen LogP contribution in [0.25, 0.3) is 0 Å². The maximum atomic E-state index is 12.1. The van der Waals surface area contributed by atoms with E-state index in [0.29, 0.717) is 18.9 Å². The minimum Gasteiger partial charge on any atom is -0.444 e. The Hall–Kier alpha value is -2.41. The predicted molar refractivity (Wildman–Crippen MR) is 94.1 cm³/mol. The number of aromatic nitrogens is 3. The van der Waals surface area contributed by atoms with Gasteiger partial charge < -0.3 is 9.64 Å². The molecule has 7 heteroatoms. The molecule has 1 aliphatic heterocycles. The molecule has 2 heterocycles. The fraction of sp³-hybridized carbons (Fsp3) is 0.500. The fourth-order valence-corrected chi connectivity index (χ4v) is 2.75. The Kier molecular flexibility index (Phi) is 4.76. The third-order valence-corrected chi connectivity index (χ3v) is 3.94. The molecule has 2 N–H and O–H groups in total. The first kappa shape index (κ1) is 17.4. The van der Waals surface area contributed by atoms with Crippen LogP contribution in [-0.4, -0.2) is 50.9 Å². The van der Waals surface area contributed by atoms with Crippen LogP contribution < -0.4 is 5.32 Å².